The van der Waals surface area contributed by atoms with Gasteiger partial charge in [0.25, 0.3) is 0 Å². The molecular formula is C13H19O. The maximum Gasteiger partial charge on any atom is 0.125 e. The van der Waals surface area contributed by atoms with Gasteiger partial charge in [0.1, 0.15) is 5.75 Å². The molecule has 0 amide bonds. The standard InChI is InChI=1S/C13H19O/c1-6-12-7-10(4)13(11(5)8-12)14-9(2)3/h7-9H,1,6H2,2-5H3. The fraction of sp³-hybridized carbons (Fsp3) is 0.462. The normalized spacial score (nSPS) is 10.7. The number of rotatable bonds is 3. The van der Waals surface area contributed by atoms with Gasteiger partial charge in [-0.3, -0.25) is 0 Å². The van der Waals surface area contributed by atoms with Crippen molar-refractivity contribution in [2.24, 2.45) is 0 Å². The zero-order valence-corrected chi connectivity index (χ0v) is 9.55. The van der Waals surface area contributed by atoms with Gasteiger partial charge in [0.2, 0.25) is 0 Å². The largest absolute Gasteiger partial charge is 0.490 e. The highest BCUT2D eigenvalue weighted by Crippen LogP contribution is 2.25. The lowest BCUT2D eigenvalue weighted by Gasteiger charge is -2.16. The van der Waals surface area contributed by atoms with Crippen LogP contribution in [0.4, 0.5) is 0 Å². The Morgan fingerprint density at radius 3 is 2.07 bits per heavy atom. The molecule has 0 aliphatic rings. The van der Waals surface area contributed by atoms with Crippen LogP contribution in [0.2, 0.25) is 0 Å². The molecule has 0 aliphatic carbocycles. The van der Waals surface area contributed by atoms with Gasteiger partial charge >= 0.3 is 0 Å². The monoisotopic (exact) mass is 191 g/mol. The van der Waals surface area contributed by atoms with Crippen LogP contribution in [-0.4, -0.2) is 6.10 Å². The summed E-state index contributed by atoms with van der Waals surface area (Å²) < 4.78 is 5.75. The minimum atomic E-state index is 0.234. The van der Waals surface area contributed by atoms with Crippen LogP contribution in [0, 0.1) is 20.8 Å². The van der Waals surface area contributed by atoms with Crippen molar-refractivity contribution in [1.29, 1.82) is 0 Å². The molecule has 1 heteroatoms. The van der Waals surface area contributed by atoms with E-state index in [1.165, 1.54) is 16.7 Å². The van der Waals surface area contributed by atoms with Crippen LogP contribution in [0.3, 0.4) is 0 Å². The highest BCUT2D eigenvalue weighted by atomic mass is 16.5. The molecule has 0 unspecified atom stereocenters. The van der Waals surface area contributed by atoms with Gasteiger partial charge in [0.15, 0.2) is 0 Å². The summed E-state index contributed by atoms with van der Waals surface area (Å²) in [6.07, 6.45) is 1.07. The molecule has 0 fully saturated rings. The van der Waals surface area contributed by atoms with Gasteiger partial charge in [0, 0.05) is 0 Å². The summed E-state index contributed by atoms with van der Waals surface area (Å²) >= 11 is 0. The number of hydrogen-bond acceptors (Lipinski definition) is 1. The molecule has 1 aromatic rings. The van der Waals surface area contributed by atoms with Crippen LogP contribution < -0.4 is 4.74 Å². The minimum Gasteiger partial charge on any atom is -0.490 e. The predicted molar refractivity (Wildman–Crippen MR) is 60.7 cm³/mol. The van der Waals surface area contributed by atoms with Gasteiger partial charge in [-0.05, 0) is 57.7 Å². The Hall–Kier alpha value is -0.980. The third-order valence-corrected chi connectivity index (χ3v) is 2.16. The van der Waals surface area contributed by atoms with E-state index in [4.69, 9.17) is 4.74 Å². The fourth-order valence-electron chi connectivity index (χ4n) is 1.61. The van der Waals surface area contributed by atoms with Crippen LogP contribution in [0.5, 0.6) is 5.75 Å². The molecule has 14 heavy (non-hydrogen) atoms. The zero-order valence-electron chi connectivity index (χ0n) is 9.55. The summed E-state index contributed by atoms with van der Waals surface area (Å²) in [5, 5.41) is 0. The quantitative estimate of drug-likeness (QED) is 0.711. The molecule has 1 radical (unpaired) electrons. The first-order valence-electron chi connectivity index (χ1n) is 5.10. The van der Waals surface area contributed by atoms with E-state index in [0.29, 0.717) is 0 Å². The molecule has 0 aliphatic heterocycles. The summed E-state index contributed by atoms with van der Waals surface area (Å²) in [6, 6.07) is 4.30. The lowest BCUT2D eigenvalue weighted by atomic mass is 10.0. The van der Waals surface area contributed by atoms with Crippen molar-refractivity contribution in [2.75, 3.05) is 0 Å². The molecular weight excluding hydrogens is 172 g/mol. The summed E-state index contributed by atoms with van der Waals surface area (Å²) in [5.41, 5.74) is 3.69. The molecule has 0 spiro atoms. The van der Waals surface area contributed by atoms with E-state index >= 15 is 0 Å². The highest BCUT2D eigenvalue weighted by molar-refractivity contribution is 5.43. The topological polar surface area (TPSA) is 9.23 Å². The Balaban J connectivity index is 3.05. The molecule has 0 aromatic heterocycles. The first kappa shape index (κ1) is 11.1. The molecule has 0 heterocycles. The maximum atomic E-state index is 5.75. The Morgan fingerprint density at radius 1 is 1.21 bits per heavy atom. The van der Waals surface area contributed by atoms with E-state index in [9.17, 15) is 0 Å². The Bertz CT molecular complexity index is 290. The first-order chi connectivity index (χ1) is 6.54. The van der Waals surface area contributed by atoms with Gasteiger partial charge in [-0.1, -0.05) is 12.1 Å². The van der Waals surface area contributed by atoms with Gasteiger partial charge in [-0.2, -0.15) is 0 Å². The van der Waals surface area contributed by atoms with E-state index in [2.05, 4.69) is 32.9 Å². The first-order valence-corrected chi connectivity index (χ1v) is 5.10. The molecule has 1 aromatic carbocycles. The number of benzene rings is 1. The van der Waals surface area contributed by atoms with Gasteiger partial charge in [-0.15, -0.1) is 0 Å². The average Bonchev–Trinajstić information content (AvgIpc) is 2.10. The average molecular weight is 191 g/mol. The SMILES string of the molecule is [CH2]Cc1cc(C)c(OC(C)C)c(C)c1. The van der Waals surface area contributed by atoms with Gasteiger partial charge in [0.05, 0.1) is 6.10 Å². The molecule has 0 atom stereocenters. The smallest absolute Gasteiger partial charge is 0.125 e. The number of aryl methyl sites for hydroxylation is 2. The van der Waals surface area contributed by atoms with Crippen LogP contribution in [0.15, 0.2) is 12.1 Å². The fourth-order valence-corrected chi connectivity index (χ4v) is 1.61. The van der Waals surface area contributed by atoms with Crippen molar-refractivity contribution in [3.8, 4) is 5.75 Å². The van der Waals surface area contributed by atoms with Gasteiger partial charge < -0.3 is 4.74 Å². The second-order valence-electron chi connectivity index (χ2n) is 3.98. The number of ether oxygens (including phenoxy) is 1. The summed E-state index contributed by atoms with van der Waals surface area (Å²) in [7, 11) is 0. The van der Waals surface area contributed by atoms with Crippen LogP contribution in [-0.2, 0) is 6.42 Å². The molecule has 1 rings (SSSR count). The van der Waals surface area contributed by atoms with Crippen molar-refractivity contribution < 1.29 is 4.74 Å². The van der Waals surface area contributed by atoms with Crippen molar-refractivity contribution in [2.45, 2.75) is 40.2 Å². The minimum absolute atomic E-state index is 0.234. The lowest BCUT2D eigenvalue weighted by molar-refractivity contribution is 0.239. The van der Waals surface area contributed by atoms with E-state index in [-0.39, 0.29) is 6.10 Å². The maximum absolute atomic E-state index is 5.75. The van der Waals surface area contributed by atoms with Crippen molar-refractivity contribution in [3.05, 3.63) is 35.7 Å². The summed E-state index contributed by atoms with van der Waals surface area (Å²) in [6.45, 7) is 12.2. The molecule has 0 N–H and O–H groups in total. The predicted octanol–water partition coefficient (Wildman–Crippen LogP) is 3.47. The molecule has 0 saturated heterocycles. The lowest BCUT2D eigenvalue weighted by Crippen LogP contribution is -2.08. The van der Waals surface area contributed by atoms with E-state index in [1.807, 2.05) is 13.8 Å². The van der Waals surface area contributed by atoms with E-state index in [0.717, 1.165) is 12.2 Å². The van der Waals surface area contributed by atoms with E-state index < -0.39 is 0 Å². The van der Waals surface area contributed by atoms with Crippen molar-refractivity contribution in [1.82, 2.24) is 0 Å². The molecule has 0 saturated carbocycles. The van der Waals surface area contributed by atoms with Crippen molar-refractivity contribution in [3.63, 3.8) is 0 Å². The molecule has 77 valence electrons. The molecule has 1 nitrogen and oxygen atoms in total. The third kappa shape index (κ3) is 2.50. The zero-order chi connectivity index (χ0) is 10.7. The van der Waals surface area contributed by atoms with E-state index in [1.54, 1.807) is 0 Å². The van der Waals surface area contributed by atoms with Crippen LogP contribution >= 0.6 is 0 Å². The Kier molecular flexibility index (Phi) is 3.56. The van der Waals surface area contributed by atoms with Crippen molar-refractivity contribution >= 4 is 0 Å². The summed E-state index contributed by atoms with van der Waals surface area (Å²) in [4.78, 5) is 0. The van der Waals surface area contributed by atoms with Crippen LogP contribution in [0.25, 0.3) is 0 Å². The second-order valence-corrected chi connectivity index (χ2v) is 3.98. The number of hydrogen-bond donors (Lipinski definition) is 0. The Labute approximate surface area is 87.1 Å². The molecule has 0 bridgehead atoms. The highest BCUT2D eigenvalue weighted by Gasteiger charge is 2.07. The van der Waals surface area contributed by atoms with Gasteiger partial charge in [-0.25, -0.2) is 0 Å². The van der Waals surface area contributed by atoms with Crippen LogP contribution in [0.1, 0.15) is 30.5 Å². The third-order valence-electron chi connectivity index (χ3n) is 2.16. The Morgan fingerprint density at radius 2 is 1.71 bits per heavy atom. The second kappa shape index (κ2) is 4.50. The summed E-state index contributed by atoms with van der Waals surface area (Å²) in [5.74, 6) is 1.03.